The van der Waals surface area contributed by atoms with Crippen LogP contribution in [-0.2, 0) is 9.59 Å². The average molecular weight is 290 g/mol. The second-order valence-corrected chi connectivity index (χ2v) is 5.80. The normalized spacial score (nSPS) is 23.1. The molecular weight excluding hydrogens is 271 g/mol. The first-order chi connectivity index (χ1) is 10.1. The summed E-state index contributed by atoms with van der Waals surface area (Å²) in [4.78, 5) is 28.2. The summed E-state index contributed by atoms with van der Waals surface area (Å²) in [6.07, 6.45) is 2.99. The molecule has 1 aliphatic carbocycles. The van der Waals surface area contributed by atoms with Gasteiger partial charge >= 0.3 is 0 Å². The van der Waals surface area contributed by atoms with Crippen LogP contribution in [0.2, 0.25) is 0 Å². The Morgan fingerprint density at radius 3 is 2.43 bits per heavy atom. The SMILES string of the molecule is C[C@H]1C(=O)N(c2ccc(F)cc2)CCN1C(=O)C1CCC1. The fraction of sp³-hybridized carbons (Fsp3) is 0.500. The molecular formula is C16H19FN2O2. The molecule has 4 nitrogen and oxygen atoms in total. The van der Waals surface area contributed by atoms with Gasteiger partial charge in [0.15, 0.2) is 0 Å². The van der Waals surface area contributed by atoms with Crippen molar-refractivity contribution in [3.63, 3.8) is 0 Å². The molecule has 1 atom stereocenters. The number of anilines is 1. The number of hydrogen-bond acceptors (Lipinski definition) is 2. The predicted octanol–water partition coefficient (Wildman–Crippen LogP) is 2.19. The van der Waals surface area contributed by atoms with Crippen LogP contribution < -0.4 is 4.90 Å². The van der Waals surface area contributed by atoms with Gasteiger partial charge in [0, 0.05) is 24.7 Å². The number of carbonyl (C=O) groups is 2. The molecule has 0 aromatic heterocycles. The van der Waals surface area contributed by atoms with Crippen LogP contribution in [-0.4, -0.2) is 35.8 Å². The van der Waals surface area contributed by atoms with Gasteiger partial charge in [0.1, 0.15) is 11.9 Å². The highest BCUT2D eigenvalue weighted by molar-refractivity contribution is 6.00. The molecule has 112 valence electrons. The van der Waals surface area contributed by atoms with Crippen LogP contribution in [0.15, 0.2) is 24.3 Å². The fourth-order valence-electron chi connectivity index (χ4n) is 2.94. The molecule has 2 aliphatic rings. The van der Waals surface area contributed by atoms with Gasteiger partial charge in [0.25, 0.3) is 0 Å². The maximum Gasteiger partial charge on any atom is 0.249 e. The van der Waals surface area contributed by atoms with Crippen molar-refractivity contribution in [2.24, 2.45) is 5.92 Å². The summed E-state index contributed by atoms with van der Waals surface area (Å²) in [5.74, 6) is -0.197. The first-order valence-electron chi connectivity index (χ1n) is 7.45. The molecule has 1 aromatic carbocycles. The topological polar surface area (TPSA) is 40.6 Å². The maximum atomic E-state index is 13.0. The highest BCUT2D eigenvalue weighted by Crippen LogP contribution is 2.30. The smallest absolute Gasteiger partial charge is 0.249 e. The summed E-state index contributed by atoms with van der Waals surface area (Å²) in [5, 5.41) is 0. The lowest BCUT2D eigenvalue weighted by Gasteiger charge is -2.41. The van der Waals surface area contributed by atoms with Crippen molar-refractivity contribution in [1.29, 1.82) is 0 Å². The van der Waals surface area contributed by atoms with Crippen molar-refractivity contribution >= 4 is 17.5 Å². The van der Waals surface area contributed by atoms with Gasteiger partial charge in [-0.1, -0.05) is 6.42 Å². The van der Waals surface area contributed by atoms with E-state index in [1.807, 2.05) is 0 Å². The minimum absolute atomic E-state index is 0.0967. The van der Waals surface area contributed by atoms with Gasteiger partial charge in [-0.3, -0.25) is 9.59 Å². The highest BCUT2D eigenvalue weighted by Gasteiger charge is 2.38. The van der Waals surface area contributed by atoms with Crippen molar-refractivity contribution in [3.05, 3.63) is 30.1 Å². The molecule has 1 aliphatic heterocycles. The summed E-state index contributed by atoms with van der Waals surface area (Å²) in [5.41, 5.74) is 0.684. The van der Waals surface area contributed by atoms with Crippen molar-refractivity contribution in [2.45, 2.75) is 32.2 Å². The summed E-state index contributed by atoms with van der Waals surface area (Å²) in [6, 6.07) is 5.45. The van der Waals surface area contributed by atoms with Crippen LogP contribution in [0.25, 0.3) is 0 Å². The number of halogens is 1. The van der Waals surface area contributed by atoms with E-state index >= 15 is 0 Å². The molecule has 0 radical (unpaired) electrons. The van der Waals surface area contributed by atoms with E-state index in [4.69, 9.17) is 0 Å². The zero-order chi connectivity index (χ0) is 15.0. The van der Waals surface area contributed by atoms with E-state index in [0.29, 0.717) is 18.8 Å². The van der Waals surface area contributed by atoms with Gasteiger partial charge in [0.05, 0.1) is 0 Å². The number of amides is 2. The Morgan fingerprint density at radius 1 is 1.19 bits per heavy atom. The molecule has 3 rings (SSSR count). The van der Waals surface area contributed by atoms with Gasteiger partial charge in [-0.05, 0) is 44.0 Å². The van der Waals surface area contributed by atoms with Crippen molar-refractivity contribution in [2.75, 3.05) is 18.0 Å². The highest BCUT2D eigenvalue weighted by atomic mass is 19.1. The number of carbonyl (C=O) groups excluding carboxylic acids is 2. The zero-order valence-electron chi connectivity index (χ0n) is 12.1. The third kappa shape index (κ3) is 2.52. The summed E-state index contributed by atoms with van der Waals surface area (Å²) >= 11 is 0. The molecule has 1 heterocycles. The lowest BCUT2D eigenvalue weighted by molar-refractivity contribution is -0.146. The van der Waals surface area contributed by atoms with Gasteiger partial charge in [-0.25, -0.2) is 4.39 Å². The molecule has 2 amide bonds. The van der Waals surface area contributed by atoms with E-state index in [9.17, 15) is 14.0 Å². The van der Waals surface area contributed by atoms with Gasteiger partial charge in [-0.15, -0.1) is 0 Å². The zero-order valence-corrected chi connectivity index (χ0v) is 12.1. The third-order valence-electron chi connectivity index (χ3n) is 4.53. The Balaban J connectivity index is 1.73. The Bertz CT molecular complexity index is 554. The summed E-state index contributed by atoms with van der Waals surface area (Å²) in [7, 11) is 0. The van der Waals surface area contributed by atoms with E-state index in [1.165, 1.54) is 12.1 Å². The first-order valence-corrected chi connectivity index (χ1v) is 7.45. The van der Waals surface area contributed by atoms with E-state index in [-0.39, 0.29) is 23.5 Å². The lowest BCUT2D eigenvalue weighted by atomic mass is 9.84. The molecule has 0 N–H and O–H groups in total. The largest absolute Gasteiger partial charge is 0.329 e. The number of hydrogen-bond donors (Lipinski definition) is 0. The molecule has 5 heteroatoms. The Hall–Kier alpha value is -1.91. The maximum absolute atomic E-state index is 13.0. The number of nitrogens with zero attached hydrogens (tertiary/aromatic N) is 2. The standard InChI is InChI=1S/C16H19FN2O2/c1-11-15(20)19(14-7-5-13(17)6-8-14)10-9-18(11)16(21)12-3-2-4-12/h5-8,11-12H,2-4,9-10H2,1H3/t11-/m0/s1. The van der Waals surface area contributed by atoms with Gasteiger partial charge < -0.3 is 9.80 Å². The minimum atomic E-state index is -0.447. The average Bonchev–Trinajstić information content (AvgIpc) is 2.41. The monoisotopic (exact) mass is 290 g/mol. The molecule has 0 spiro atoms. The first kappa shape index (κ1) is 14.0. The summed E-state index contributed by atoms with van der Waals surface area (Å²) < 4.78 is 13.0. The van der Waals surface area contributed by atoms with Crippen LogP contribution in [0.1, 0.15) is 26.2 Å². The van der Waals surface area contributed by atoms with Crippen molar-refractivity contribution in [1.82, 2.24) is 4.90 Å². The van der Waals surface area contributed by atoms with E-state index < -0.39 is 6.04 Å². The van der Waals surface area contributed by atoms with Crippen molar-refractivity contribution in [3.8, 4) is 0 Å². The number of rotatable bonds is 2. The molecule has 1 aromatic rings. The molecule has 0 unspecified atom stereocenters. The molecule has 0 bridgehead atoms. The molecule has 1 saturated carbocycles. The number of piperazine rings is 1. The van der Waals surface area contributed by atoms with Crippen LogP contribution >= 0.6 is 0 Å². The third-order valence-corrected chi connectivity index (χ3v) is 4.53. The van der Waals surface area contributed by atoms with Gasteiger partial charge in [-0.2, -0.15) is 0 Å². The Labute approximate surface area is 123 Å². The second-order valence-electron chi connectivity index (χ2n) is 5.80. The molecule has 2 fully saturated rings. The minimum Gasteiger partial charge on any atom is -0.329 e. The molecule has 21 heavy (non-hydrogen) atoms. The van der Waals surface area contributed by atoms with E-state index in [0.717, 1.165) is 19.3 Å². The number of benzene rings is 1. The van der Waals surface area contributed by atoms with Crippen LogP contribution in [0.4, 0.5) is 10.1 Å². The predicted molar refractivity (Wildman–Crippen MR) is 77.3 cm³/mol. The second kappa shape index (κ2) is 5.47. The quantitative estimate of drug-likeness (QED) is 0.837. The van der Waals surface area contributed by atoms with Crippen LogP contribution in [0.5, 0.6) is 0 Å². The Morgan fingerprint density at radius 2 is 1.86 bits per heavy atom. The van der Waals surface area contributed by atoms with Crippen LogP contribution in [0.3, 0.4) is 0 Å². The van der Waals surface area contributed by atoms with Crippen LogP contribution in [0, 0.1) is 11.7 Å². The van der Waals surface area contributed by atoms with Crippen molar-refractivity contribution < 1.29 is 14.0 Å². The van der Waals surface area contributed by atoms with Gasteiger partial charge in [0.2, 0.25) is 11.8 Å². The Kier molecular flexibility index (Phi) is 3.66. The molecule has 1 saturated heterocycles. The van der Waals surface area contributed by atoms with E-state index in [1.54, 1.807) is 28.9 Å². The lowest BCUT2D eigenvalue weighted by Crippen LogP contribution is -2.59. The fourth-order valence-corrected chi connectivity index (χ4v) is 2.94. The summed E-state index contributed by atoms with van der Waals surface area (Å²) in [6.45, 7) is 2.78. The van der Waals surface area contributed by atoms with E-state index in [2.05, 4.69) is 0 Å².